The Hall–Kier alpha value is -9.70. The lowest BCUT2D eigenvalue weighted by Crippen LogP contribution is -2.14. The largest absolute Gasteiger partial charge is 0.455 e. The third kappa shape index (κ3) is 8.39. The maximum atomic E-state index is 6.54. The van der Waals surface area contributed by atoms with Crippen molar-refractivity contribution >= 4 is 66.8 Å². The molecule has 73 heavy (non-hydrogen) atoms. The first-order chi connectivity index (χ1) is 36.2. The van der Waals surface area contributed by atoms with Crippen LogP contribution in [0.15, 0.2) is 296 Å². The molecule has 0 aliphatic carbocycles. The summed E-state index contributed by atoms with van der Waals surface area (Å²) in [6.45, 7) is 0. The minimum absolute atomic E-state index is 0.891. The molecule has 0 radical (unpaired) electrons. The van der Waals surface area contributed by atoms with E-state index < -0.39 is 0 Å². The van der Waals surface area contributed by atoms with Crippen LogP contribution < -0.4 is 9.80 Å². The summed E-state index contributed by atoms with van der Waals surface area (Å²) in [7, 11) is 0. The minimum Gasteiger partial charge on any atom is -0.455 e. The zero-order chi connectivity index (χ0) is 48.5. The molecule has 344 valence electrons. The highest BCUT2D eigenvalue weighted by Crippen LogP contribution is 2.46. The maximum absolute atomic E-state index is 6.54. The summed E-state index contributed by atoms with van der Waals surface area (Å²) in [5.74, 6) is 0. The van der Waals surface area contributed by atoms with Crippen molar-refractivity contribution in [1.29, 1.82) is 0 Å². The number of benzene rings is 12. The van der Waals surface area contributed by atoms with Crippen molar-refractivity contribution in [2.45, 2.75) is 0 Å². The molecule has 0 saturated carbocycles. The van der Waals surface area contributed by atoms with Gasteiger partial charge in [0.25, 0.3) is 0 Å². The molecule has 0 saturated heterocycles. The molecule has 0 aliphatic rings. The van der Waals surface area contributed by atoms with Gasteiger partial charge in [-0.25, -0.2) is 0 Å². The molecular formula is C70H48N2O. The summed E-state index contributed by atoms with van der Waals surface area (Å²) in [5.41, 5.74) is 19.5. The van der Waals surface area contributed by atoms with Gasteiger partial charge in [-0.15, -0.1) is 0 Å². The van der Waals surface area contributed by atoms with E-state index in [1.54, 1.807) is 0 Å². The number of anilines is 6. The molecule has 3 nitrogen and oxygen atoms in total. The van der Waals surface area contributed by atoms with Crippen molar-refractivity contribution < 1.29 is 4.42 Å². The van der Waals surface area contributed by atoms with Crippen molar-refractivity contribution in [3.8, 4) is 55.6 Å². The Labute approximate surface area is 425 Å². The van der Waals surface area contributed by atoms with Crippen LogP contribution in [0.3, 0.4) is 0 Å². The monoisotopic (exact) mass is 932 g/mol. The van der Waals surface area contributed by atoms with Gasteiger partial charge in [-0.2, -0.15) is 0 Å². The van der Waals surface area contributed by atoms with Crippen LogP contribution in [0.4, 0.5) is 34.1 Å². The fourth-order valence-corrected chi connectivity index (χ4v) is 10.4. The van der Waals surface area contributed by atoms with E-state index in [2.05, 4.69) is 289 Å². The Balaban J connectivity index is 1.02. The first kappa shape index (κ1) is 43.3. The normalized spacial score (nSPS) is 11.3. The highest BCUT2D eigenvalue weighted by Gasteiger charge is 2.22. The van der Waals surface area contributed by atoms with E-state index >= 15 is 0 Å². The van der Waals surface area contributed by atoms with Gasteiger partial charge < -0.3 is 14.2 Å². The van der Waals surface area contributed by atoms with Crippen LogP contribution in [-0.4, -0.2) is 0 Å². The van der Waals surface area contributed by atoms with Crippen LogP contribution in [0.25, 0.3) is 88.3 Å². The topological polar surface area (TPSA) is 19.6 Å². The van der Waals surface area contributed by atoms with E-state index in [1.807, 2.05) is 12.1 Å². The zero-order valence-corrected chi connectivity index (χ0v) is 40.0. The van der Waals surface area contributed by atoms with Gasteiger partial charge in [0, 0.05) is 50.5 Å². The van der Waals surface area contributed by atoms with Crippen molar-refractivity contribution in [3.63, 3.8) is 0 Å². The van der Waals surface area contributed by atoms with Crippen molar-refractivity contribution in [1.82, 2.24) is 0 Å². The van der Waals surface area contributed by atoms with Crippen molar-refractivity contribution in [2.24, 2.45) is 0 Å². The summed E-state index contributed by atoms with van der Waals surface area (Å²) in [5, 5.41) is 4.63. The van der Waals surface area contributed by atoms with E-state index in [9.17, 15) is 0 Å². The van der Waals surface area contributed by atoms with Crippen molar-refractivity contribution in [2.75, 3.05) is 9.80 Å². The standard InChI is InChI=1S/C70H48N2O/c1-4-16-49(17-5-1)52-30-38-58(39-31-52)71(59-40-32-53(33-41-59)50-18-6-2-7-19-50)62-46-57(65-26-14-23-55-22-10-11-24-64(55)65)47-63(48-62)72(60-42-34-54(35-43-60)51-20-8-3-9-21-51)61-44-36-56(37-45-61)66-27-15-28-68-67-25-12-13-29-69(67)73-70(66)68/h1-48H. The van der Waals surface area contributed by atoms with Crippen LogP contribution >= 0.6 is 0 Å². The summed E-state index contributed by atoms with van der Waals surface area (Å²) >= 11 is 0. The SMILES string of the molecule is c1ccc(-c2ccc(N(c3ccc(-c4ccccc4)cc3)c3cc(-c4cccc5ccccc45)cc(N(c4ccc(-c5ccccc5)cc4)c4ccc(-c5cccc6c5oc5ccccc56)cc4)c3)cc2)cc1. The van der Waals surface area contributed by atoms with Crippen LogP contribution in [0, 0.1) is 0 Å². The van der Waals surface area contributed by atoms with Gasteiger partial charge in [0.2, 0.25) is 0 Å². The number of hydrogen-bond acceptors (Lipinski definition) is 3. The Morgan fingerprint density at radius 3 is 1.10 bits per heavy atom. The average Bonchev–Trinajstić information content (AvgIpc) is 3.86. The Morgan fingerprint density at radius 2 is 0.589 bits per heavy atom. The van der Waals surface area contributed by atoms with E-state index in [0.29, 0.717) is 0 Å². The number of rotatable bonds is 11. The number of furan rings is 1. The van der Waals surface area contributed by atoms with Gasteiger partial charge in [-0.1, -0.05) is 218 Å². The first-order valence-electron chi connectivity index (χ1n) is 24.9. The average molecular weight is 933 g/mol. The number of fused-ring (bicyclic) bond motifs is 4. The summed E-state index contributed by atoms with van der Waals surface area (Å²) in [4.78, 5) is 4.79. The Morgan fingerprint density at radius 1 is 0.219 bits per heavy atom. The molecule has 1 heterocycles. The second kappa shape index (κ2) is 18.9. The maximum Gasteiger partial charge on any atom is 0.143 e. The molecule has 13 rings (SSSR count). The van der Waals surface area contributed by atoms with Crippen LogP contribution in [-0.2, 0) is 0 Å². The molecule has 3 heteroatoms. The molecule has 0 amide bonds. The van der Waals surface area contributed by atoms with Crippen LogP contribution in [0.5, 0.6) is 0 Å². The Bertz CT molecular complexity index is 3950. The summed E-state index contributed by atoms with van der Waals surface area (Å²) < 4.78 is 6.54. The quantitative estimate of drug-likeness (QED) is 0.129. The second-order valence-electron chi connectivity index (χ2n) is 18.5. The fraction of sp³-hybridized carbons (Fsp3) is 0. The van der Waals surface area contributed by atoms with E-state index in [-0.39, 0.29) is 0 Å². The molecule has 0 atom stereocenters. The predicted molar refractivity (Wildman–Crippen MR) is 308 cm³/mol. The molecule has 1 aromatic heterocycles. The van der Waals surface area contributed by atoms with Gasteiger partial charge in [0.1, 0.15) is 11.2 Å². The highest BCUT2D eigenvalue weighted by atomic mass is 16.3. The van der Waals surface area contributed by atoms with E-state index in [1.165, 1.54) is 38.6 Å². The molecule has 13 aromatic rings. The molecular weight excluding hydrogens is 885 g/mol. The second-order valence-corrected chi connectivity index (χ2v) is 18.5. The van der Waals surface area contributed by atoms with E-state index in [0.717, 1.165) is 83.9 Å². The highest BCUT2D eigenvalue weighted by molar-refractivity contribution is 6.09. The lowest BCUT2D eigenvalue weighted by atomic mass is 9.96. The third-order valence-electron chi connectivity index (χ3n) is 14.1. The predicted octanol–water partition coefficient (Wildman–Crippen LogP) is 20.0. The smallest absolute Gasteiger partial charge is 0.143 e. The van der Waals surface area contributed by atoms with Gasteiger partial charge in [-0.3, -0.25) is 0 Å². The molecule has 0 spiro atoms. The third-order valence-corrected chi connectivity index (χ3v) is 14.1. The molecule has 0 bridgehead atoms. The summed E-state index contributed by atoms with van der Waals surface area (Å²) in [6, 6.07) is 105. The Kier molecular flexibility index (Phi) is 11.2. The van der Waals surface area contributed by atoms with Crippen molar-refractivity contribution in [3.05, 3.63) is 291 Å². The molecule has 0 unspecified atom stereocenters. The molecule has 0 N–H and O–H groups in total. The minimum atomic E-state index is 0.891. The lowest BCUT2D eigenvalue weighted by Gasteiger charge is -2.31. The molecule has 12 aromatic carbocycles. The van der Waals surface area contributed by atoms with Crippen LogP contribution in [0.2, 0.25) is 0 Å². The fourth-order valence-electron chi connectivity index (χ4n) is 10.4. The molecule has 0 aliphatic heterocycles. The van der Waals surface area contributed by atoms with Gasteiger partial charge in [0.05, 0.1) is 0 Å². The summed E-state index contributed by atoms with van der Waals surface area (Å²) in [6.07, 6.45) is 0. The van der Waals surface area contributed by atoms with E-state index in [4.69, 9.17) is 4.42 Å². The number of hydrogen-bond donors (Lipinski definition) is 0. The van der Waals surface area contributed by atoms with Crippen LogP contribution in [0.1, 0.15) is 0 Å². The zero-order valence-electron chi connectivity index (χ0n) is 40.0. The van der Waals surface area contributed by atoms with Gasteiger partial charge in [-0.05, 0) is 134 Å². The van der Waals surface area contributed by atoms with Gasteiger partial charge in [0.15, 0.2) is 0 Å². The molecule has 0 fully saturated rings. The lowest BCUT2D eigenvalue weighted by molar-refractivity contribution is 0.670. The first-order valence-corrected chi connectivity index (χ1v) is 24.9. The van der Waals surface area contributed by atoms with Gasteiger partial charge >= 0.3 is 0 Å². The number of nitrogens with zero attached hydrogens (tertiary/aromatic N) is 2. The number of para-hydroxylation sites is 2.